The standard InChI is InChI=1S/C34H34Cl2FN5O2/c1-21-19-40(32(43)22(2)37)15-16-42(21)31-26-17-28(36)25(24-9-3-7-23-8-4-10-27(35)30(23)24)18-29(26)38-33(39-31)44-20-34-11-5-13-41(34)14-6-12-34/h3-4,7-10,17-18,21H,2,5-6,11-16,19-20H2,1H3/t21-/m0/s1. The van der Waals surface area contributed by atoms with Gasteiger partial charge in [-0.3, -0.25) is 9.69 Å². The van der Waals surface area contributed by atoms with Crippen LogP contribution in [0.5, 0.6) is 6.01 Å². The fourth-order valence-corrected chi connectivity index (χ4v) is 7.96. The number of aromatic nitrogens is 2. The maximum atomic E-state index is 13.7. The summed E-state index contributed by atoms with van der Waals surface area (Å²) in [6, 6.07) is 16.0. The largest absolute Gasteiger partial charge is 0.461 e. The van der Waals surface area contributed by atoms with Crippen LogP contribution in [-0.4, -0.2) is 76.6 Å². The summed E-state index contributed by atoms with van der Waals surface area (Å²) in [5.41, 5.74) is 2.47. The van der Waals surface area contributed by atoms with E-state index in [-0.39, 0.29) is 11.6 Å². The van der Waals surface area contributed by atoms with Gasteiger partial charge in [0.2, 0.25) is 0 Å². The molecule has 0 saturated carbocycles. The molecule has 0 bridgehead atoms. The van der Waals surface area contributed by atoms with Crippen molar-refractivity contribution in [2.75, 3.05) is 44.2 Å². The van der Waals surface area contributed by atoms with Crippen molar-refractivity contribution >= 4 is 56.6 Å². The first kappa shape index (κ1) is 29.3. The molecule has 3 saturated heterocycles. The molecule has 4 heterocycles. The number of halogens is 3. The molecule has 1 amide bonds. The maximum absolute atomic E-state index is 13.7. The highest BCUT2D eigenvalue weighted by Crippen LogP contribution is 2.42. The minimum Gasteiger partial charge on any atom is -0.461 e. The molecule has 44 heavy (non-hydrogen) atoms. The predicted molar refractivity (Wildman–Crippen MR) is 174 cm³/mol. The van der Waals surface area contributed by atoms with Gasteiger partial charge in [-0.15, -0.1) is 0 Å². The van der Waals surface area contributed by atoms with Gasteiger partial charge in [0.15, 0.2) is 5.83 Å². The molecule has 3 aromatic carbocycles. The van der Waals surface area contributed by atoms with Crippen LogP contribution in [0.2, 0.25) is 10.0 Å². The Morgan fingerprint density at radius 3 is 2.50 bits per heavy atom. The van der Waals surface area contributed by atoms with Crippen molar-refractivity contribution < 1.29 is 13.9 Å². The molecule has 3 fully saturated rings. The number of ether oxygens (including phenoxy) is 1. The van der Waals surface area contributed by atoms with E-state index < -0.39 is 11.7 Å². The van der Waals surface area contributed by atoms with Crippen molar-refractivity contribution in [2.24, 2.45) is 0 Å². The molecule has 0 unspecified atom stereocenters. The van der Waals surface area contributed by atoms with Crippen LogP contribution < -0.4 is 9.64 Å². The molecule has 3 aliphatic heterocycles. The lowest BCUT2D eigenvalue weighted by atomic mass is 9.95. The lowest BCUT2D eigenvalue weighted by Gasteiger charge is -2.40. The monoisotopic (exact) mass is 633 g/mol. The van der Waals surface area contributed by atoms with E-state index in [0.717, 1.165) is 53.2 Å². The van der Waals surface area contributed by atoms with Crippen LogP contribution >= 0.6 is 23.2 Å². The number of piperazine rings is 1. The molecule has 10 heteroatoms. The van der Waals surface area contributed by atoms with Crippen molar-refractivity contribution in [1.29, 1.82) is 0 Å². The van der Waals surface area contributed by atoms with Crippen LogP contribution in [0.3, 0.4) is 0 Å². The Hall–Kier alpha value is -3.46. The van der Waals surface area contributed by atoms with Gasteiger partial charge in [0.05, 0.1) is 11.1 Å². The summed E-state index contributed by atoms with van der Waals surface area (Å²) in [5, 5.41) is 3.92. The molecule has 0 aliphatic carbocycles. The third kappa shape index (κ3) is 5.07. The van der Waals surface area contributed by atoms with Gasteiger partial charge in [-0.1, -0.05) is 60.1 Å². The van der Waals surface area contributed by atoms with Crippen molar-refractivity contribution in [3.05, 3.63) is 71.0 Å². The summed E-state index contributed by atoms with van der Waals surface area (Å²) in [6.45, 7) is 9.07. The number of rotatable bonds is 6. The SMILES string of the molecule is C=C(F)C(=O)N1CCN(c2nc(OCC34CCCN3CCC4)nc3cc(-c4cccc5cccc(Cl)c45)c(Cl)cc23)[C@@H](C)C1. The first-order chi connectivity index (χ1) is 21.2. The van der Waals surface area contributed by atoms with Crippen LogP contribution in [0.25, 0.3) is 32.8 Å². The minimum absolute atomic E-state index is 0.0391. The Morgan fingerprint density at radius 1 is 1.02 bits per heavy atom. The van der Waals surface area contributed by atoms with Gasteiger partial charge in [-0.25, -0.2) is 4.39 Å². The van der Waals surface area contributed by atoms with Gasteiger partial charge in [0, 0.05) is 52.1 Å². The Balaban J connectivity index is 1.32. The maximum Gasteiger partial charge on any atom is 0.319 e. The van der Waals surface area contributed by atoms with Crippen LogP contribution in [0.1, 0.15) is 32.6 Å². The molecular weight excluding hydrogens is 600 g/mol. The number of anilines is 1. The van der Waals surface area contributed by atoms with Crippen molar-refractivity contribution in [3.8, 4) is 17.1 Å². The average molecular weight is 635 g/mol. The zero-order valence-corrected chi connectivity index (χ0v) is 26.2. The van der Waals surface area contributed by atoms with Gasteiger partial charge < -0.3 is 14.5 Å². The molecule has 0 N–H and O–H groups in total. The first-order valence-electron chi connectivity index (χ1n) is 15.2. The van der Waals surface area contributed by atoms with Crippen LogP contribution in [0, 0.1) is 0 Å². The number of hydrogen-bond acceptors (Lipinski definition) is 6. The van der Waals surface area contributed by atoms with Crippen molar-refractivity contribution in [1.82, 2.24) is 19.8 Å². The number of fused-ring (bicyclic) bond motifs is 3. The fourth-order valence-electron chi connectivity index (χ4n) is 7.41. The Kier molecular flexibility index (Phi) is 7.63. The summed E-state index contributed by atoms with van der Waals surface area (Å²) >= 11 is 13.7. The van der Waals surface area contributed by atoms with Gasteiger partial charge in [-0.05, 0) is 74.8 Å². The third-order valence-electron chi connectivity index (χ3n) is 9.59. The number of carbonyl (C=O) groups excluding carboxylic acids is 1. The van der Waals surface area contributed by atoms with Crippen LogP contribution in [0.4, 0.5) is 10.2 Å². The molecule has 1 atom stereocenters. The van der Waals surface area contributed by atoms with Gasteiger partial charge >= 0.3 is 6.01 Å². The number of hydrogen-bond donors (Lipinski definition) is 0. The van der Waals surface area contributed by atoms with Gasteiger partial charge in [0.25, 0.3) is 5.91 Å². The van der Waals surface area contributed by atoms with Crippen molar-refractivity contribution in [3.63, 3.8) is 0 Å². The quantitative estimate of drug-likeness (QED) is 0.208. The Labute approximate surface area is 266 Å². The molecule has 1 aromatic heterocycles. The normalized spacial score (nSPS) is 20.0. The Morgan fingerprint density at radius 2 is 1.77 bits per heavy atom. The summed E-state index contributed by atoms with van der Waals surface area (Å²) in [7, 11) is 0. The topological polar surface area (TPSA) is 61.8 Å². The number of amides is 1. The van der Waals surface area contributed by atoms with Gasteiger partial charge in [-0.2, -0.15) is 9.97 Å². The summed E-state index contributed by atoms with van der Waals surface area (Å²) in [6.07, 6.45) is 4.58. The lowest BCUT2D eigenvalue weighted by molar-refractivity contribution is -0.129. The predicted octanol–water partition coefficient (Wildman–Crippen LogP) is 7.28. The van der Waals surface area contributed by atoms with E-state index in [2.05, 4.69) is 16.4 Å². The number of benzene rings is 3. The summed E-state index contributed by atoms with van der Waals surface area (Å²) in [4.78, 5) is 28.4. The summed E-state index contributed by atoms with van der Waals surface area (Å²) < 4.78 is 20.1. The highest BCUT2D eigenvalue weighted by atomic mass is 35.5. The highest BCUT2D eigenvalue weighted by molar-refractivity contribution is 6.38. The number of carbonyl (C=O) groups is 1. The minimum atomic E-state index is -0.950. The summed E-state index contributed by atoms with van der Waals surface area (Å²) in [5.74, 6) is -0.944. The van der Waals surface area contributed by atoms with E-state index >= 15 is 0 Å². The second-order valence-electron chi connectivity index (χ2n) is 12.2. The van der Waals surface area contributed by atoms with E-state index in [1.54, 1.807) is 0 Å². The van der Waals surface area contributed by atoms with E-state index in [4.69, 9.17) is 37.9 Å². The molecular formula is C34H34Cl2FN5O2. The number of nitrogens with zero attached hydrogens (tertiary/aromatic N) is 5. The Bertz CT molecular complexity index is 1780. The second kappa shape index (κ2) is 11.5. The highest BCUT2D eigenvalue weighted by Gasteiger charge is 2.45. The van der Waals surface area contributed by atoms with E-state index in [0.29, 0.717) is 53.6 Å². The zero-order chi connectivity index (χ0) is 30.6. The van der Waals surface area contributed by atoms with Crippen LogP contribution in [0.15, 0.2) is 60.9 Å². The van der Waals surface area contributed by atoms with E-state index in [9.17, 15) is 9.18 Å². The second-order valence-corrected chi connectivity index (χ2v) is 13.0. The third-order valence-corrected chi connectivity index (χ3v) is 10.2. The molecule has 7 nitrogen and oxygen atoms in total. The first-order valence-corrected chi connectivity index (χ1v) is 16.0. The fraction of sp³-hybridized carbons (Fsp3) is 0.382. The van der Waals surface area contributed by atoms with Crippen molar-refractivity contribution in [2.45, 2.75) is 44.2 Å². The lowest BCUT2D eigenvalue weighted by Crippen LogP contribution is -2.54. The molecule has 3 aliphatic rings. The molecule has 7 rings (SSSR count). The molecule has 0 radical (unpaired) electrons. The smallest absolute Gasteiger partial charge is 0.319 e. The molecule has 228 valence electrons. The van der Waals surface area contributed by atoms with Gasteiger partial charge in [0.1, 0.15) is 12.4 Å². The molecule has 0 spiro atoms. The van der Waals surface area contributed by atoms with E-state index in [1.165, 1.54) is 17.7 Å². The van der Waals surface area contributed by atoms with E-state index in [1.807, 2.05) is 55.5 Å². The zero-order valence-electron chi connectivity index (χ0n) is 24.7. The van der Waals surface area contributed by atoms with Crippen LogP contribution in [-0.2, 0) is 4.79 Å². The average Bonchev–Trinajstić information content (AvgIpc) is 3.60. The molecule has 4 aromatic rings.